The molecule has 33 heavy (non-hydrogen) atoms. The van der Waals surface area contributed by atoms with Gasteiger partial charge in [-0.15, -0.1) is 0 Å². The van der Waals surface area contributed by atoms with E-state index in [1.165, 1.54) is 5.56 Å². The van der Waals surface area contributed by atoms with Crippen molar-refractivity contribution in [2.24, 2.45) is 5.73 Å². The molecule has 0 unspecified atom stereocenters. The monoisotopic (exact) mass is 449 g/mol. The van der Waals surface area contributed by atoms with Gasteiger partial charge in [0.2, 0.25) is 0 Å². The van der Waals surface area contributed by atoms with E-state index < -0.39 is 11.7 Å². The maximum atomic E-state index is 13.2. The van der Waals surface area contributed by atoms with Crippen molar-refractivity contribution in [2.75, 3.05) is 13.1 Å². The minimum absolute atomic E-state index is 0.194. The molecule has 0 aliphatic heterocycles. The zero-order chi connectivity index (χ0) is 23.4. The van der Waals surface area contributed by atoms with Crippen LogP contribution in [0.5, 0.6) is 0 Å². The van der Waals surface area contributed by atoms with Gasteiger partial charge >= 0.3 is 6.09 Å². The summed E-state index contributed by atoms with van der Waals surface area (Å²) in [5, 5.41) is 0. The van der Waals surface area contributed by atoms with Gasteiger partial charge in [-0.3, -0.25) is 9.88 Å². The molecule has 2 heterocycles. The SMILES string of the molecule is CC(C)(C)OC(=O)n1c(CN(CCCCN)[C@H]2CCCc3cccnc32)nc2ccccc21. The van der Waals surface area contributed by atoms with Crippen molar-refractivity contribution in [2.45, 2.75) is 71.1 Å². The van der Waals surface area contributed by atoms with Gasteiger partial charge in [-0.05, 0) is 89.7 Å². The van der Waals surface area contributed by atoms with Gasteiger partial charge in [-0.25, -0.2) is 14.3 Å². The molecule has 7 heteroatoms. The highest BCUT2D eigenvalue weighted by molar-refractivity contribution is 5.87. The van der Waals surface area contributed by atoms with Crippen molar-refractivity contribution in [3.8, 4) is 0 Å². The average Bonchev–Trinajstić information content (AvgIpc) is 3.15. The maximum Gasteiger partial charge on any atom is 0.420 e. The Labute approximate surface area is 196 Å². The van der Waals surface area contributed by atoms with Crippen LogP contribution in [0.15, 0.2) is 42.6 Å². The second-order valence-corrected chi connectivity index (χ2v) is 9.75. The summed E-state index contributed by atoms with van der Waals surface area (Å²) in [7, 11) is 0. The second-order valence-electron chi connectivity index (χ2n) is 9.75. The number of unbranched alkanes of at least 4 members (excludes halogenated alkanes) is 1. The Kier molecular flexibility index (Phi) is 7.10. The maximum absolute atomic E-state index is 13.2. The van der Waals surface area contributed by atoms with E-state index in [0.29, 0.717) is 18.9 Å². The molecule has 0 amide bonds. The highest BCUT2D eigenvalue weighted by atomic mass is 16.6. The number of benzene rings is 1. The van der Waals surface area contributed by atoms with Crippen molar-refractivity contribution < 1.29 is 9.53 Å². The highest BCUT2D eigenvalue weighted by Gasteiger charge is 2.30. The Morgan fingerprint density at radius 1 is 1.21 bits per heavy atom. The molecule has 0 saturated heterocycles. The predicted molar refractivity (Wildman–Crippen MR) is 130 cm³/mol. The normalized spacial score (nSPS) is 16.2. The number of pyridine rings is 1. The van der Waals surface area contributed by atoms with Gasteiger partial charge in [-0.1, -0.05) is 18.2 Å². The van der Waals surface area contributed by atoms with E-state index in [0.717, 1.165) is 55.4 Å². The van der Waals surface area contributed by atoms with Crippen LogP contribution in [0.2, 0.25) is 0 Å². The number of hydrogen-bond acceptors (Lipinski definition) is 6. The molecule has 4 rings (SSSR count). The highest BCUT2D eigenvalue weighted by Crippen LogP contribution is 2.34. The van der Waals surface area contributed by atoms with Crippen LogP contribution in [0.3, 0.4) is 0 Å². The molecule has 0 spiro atoms. The summed E-state index contributed by atoms with van der Waals surface area (Å²) in [4.78, 5) is 25.3. The smallest absolute Gasteiger partial charge is 0.420 e. The van der Waals surface area contributed by atoms with E-state index in [2.05, 4.69) is 11.0 Å². The zero-order valence-electron chi connectivity index (χ0n) is 20.0. The fraction of sp³-hybridized carbons (Fsp3) is 0.500. The van der Waals surface area contributed by atoms with Gasteiger partial charge in [0.25, 0.3) is 0 Å². The number of ether oxygens (including phenoxy) is 1. The third kappa shape index (κ3) is 5.42. The molecule has 0 bridgehead atoms. The molecule has 2 aromatic heterocycles. The van der Waals surface area contributed by atoms with E-state index in [1.807, 2.05) is 57.3 Å². The number of nitrogens with two attached hydrogens (primary N) is 1. The fourth-order valence-corrected chi connectivity index (χ4v) is 4.62. The van der Waals surface area contributed by atoms with Crippen molar-refractivity contribution in [1.29, 1.82) is 0 Å². The lowest BCUT2D eigenvalue weighted by atomic mass is 9.90. The lowest BCUT2D eigenvalue weighted by molar-refractivity contribution is 0.0530. The molecule has 1 aromatic carbocycles. The summed E-state index contributed by atoms with van der Waals surface area (Å²) >= 11 is 0. The first-order valence-corrected chi connectivity index (χ1v) is 11.9. The summed E-state index contributed by atoms with van der Waals surface area (Å²) in [6, 6.07) is 12.1. The van der Waals surface area contributed by atoms with Crippen LogP contribution in [0, 0.1) is 0 Å². The zero-order valence-corrected chi connectivity index (χ0v) is 20.0. The number of hydrogen-bond donors (Lipinski definition) is 1. The van der Waals surface area contributed by atoms with Gasteiger partial charge in [0.05, 0.1) is 29.3 Å². The Hall–Kier alpha value is -2.77. The molecule has 0 saturated carbocycles. The minimum atomic E-state index is -0.591. The quantitative estimate of drug-likeness (QED) is 0.520. The molecule has 3 aromatic rings. The largest absolute Gasteiger partial charge is 0.443 e. The third-order valence-corrected chi connectivity index (χ3v) is 6.06. The predicted octanol–water partition coefficient (Wildman–Crippen LogP) is 4.83. The standard InChI is InChI=1S/C26H35N5O2/c1-26(2,3)33-25(32)31-21-13-5-4-12-20(21)29-23(31)18-30(17-7-6-15-27)22-14-8-10-19-11-9-16-28-24(19)22/h4-5,9,11-13,16,22H,6-8,10,14-15,17-18,27H2,1-3H3/t22-/m0/s1. The van der Waals surface area contributed by atoms with Gasteiger partial charge in [0, 0.05) is 6.20 Å². The van der Waals surface area contributed by atoms with Crippen molar-refractivity contribution in [1.82, 2.24) is 19.4 Å². The minimum Gasteiger partial charge on any atom is -0.443 e. The summed E-state index contributed by atoms with van der Waals surface area (Å²) in [6.45, 7) is 7.73. The molecular formula is C26H35N5O2. The van der Waals surface area contributed by atoms with E-state index in [1.54, 1.807) is 4.57 Å². The number of imidazole rings is 1. The number of carbonyl (C=O) groups is 1. The first-order chi connectivity index (χ1) is 15.9. The Balaban J connectivity index is 1.71. The molecule has 176 valence electrons. The van der Waals surface area contributed by atoms with E-state index in [-0.39, 0.29) is 6.04 Å². The van der Waals surface area contributed by atoms with Crippen molar-refractivity contribution >= 4 is 17.1 Å². The van der Waals surface area contributed by atoms with Gasteiger partial charge in [0.15, 0.2) is 0 Å². The Morgan fingerprint density at radius 2 is 2.03 bits per heavy atom. The Bertz CT molecular complexity index is 1100. The molecule has 1 atom stereocenters. The average molecular weight is 450 g/mol. The summed E-state index contributed by atoms with van der Waals surface area (Å²) < 4.78 is 7.39. The van der Waals surface area contributed by atoms with E-state index in [9.17, 15) is 4.79 Å². The molecule has 7 nitrogen and oxygen atoms in total. The number of carbonyl (C=O) groups excluding carboxylic acids is 1. The lowest BCUT2D eigenvalue weighted by Crippen LogP contribution is -2.35. The first kappa shape index (κ1) is 23.4. The van der Waals surface area contributed by atoms with Crippen LogP contribution in [0.25, 0.3) is 11.0 Å². The molecule has 2 N–H and O–H groups in total. The Morgan fingerprint density at radius 3 is 2.82 bits per heavy atom. The number of fused-ring (bicyclic) bond motifs is 2. The van der Waals surface area contributed by atoms with E-state index in [4.69, 9.17) is 20.4 Å². The summed E-state index contributed by atoms with van der Waals surface area (Å²) in [5.74, 6) is 0.696. The van der Waals surface area contributed by atoms with Crippen LogP contribution < -0.4 is 5.73 Å². The summed E-state index contributed by atoms with van der Waals surface area (Å²) in [5.41, 5.74) is 9.23. The number of aryl methyl sites for hydroxylation is 1. The number of aromatic nitrogens is 3. The first-order valence-electron chi connectivity index (χ1n) is 11.9. The van der Waals surface area contributed by atoms with Crippen LogP contribution in [-0.4, -0.2) is 44.2 Å². The van der Waals surface area contributed by atoms with Crippen LogP contribution >= 0.6 is 0 Å². The number of para-hydroxylation sites is 2. The molecule has 0 fully saturated rings. The fourth-order valence-electron chi connectivity index (χ4n) is 4.62. The van der Waals surface area contributed by atoms with E-state index >= 15 is 0 Å². The molecular weight excluding hydrogens is 414 g/mol. The van der Waals surface area contributed by atoms with Gasteiger partial charge in [-0.2, -0.15) is 0 Å². The van der Waals surface area contributed by atoms with Crippen molar-refractivity contribution in [3.05, 3.63) is 59.7 Å². The molecule has 1 aliphatic rings. The van der Waals surface area contributed by atoms with Crippen LogP contribution in [0.4, 0.5) is 4.79 Å². The number of rotatable bonds is 7. The molecule has 1 aliphatic carbocycles. The third-order valence-electron chi connectivity index (χ3n) is 6.06. The summed E-state index contributed by atoms with van der Waals surface area (Å²) in [6.07, 6.45) is 6.66. The van der Waals surface area contributed by atoms with Crippen LogP contribution in [-0.2, 0) is 17.7 Å². The number of nitrogens with zero attached hydrogens (tertiary/aromatic N) is 4. The van der Waals surface area contributed by atoms with Crippen molar-refractivity contribution in [3.63, 3.8) is 0 Å². The topological polar surface area (TPSA) is 86.3 Å². The lowest BCUT2D eigenvalue weighted by Gasteiger charge is -2.35. The van der Waals surface area contributed by atoms with Gasteiger partial charge in [0.1, 0.15) is 11.4 Å². The van der Waals surface area contributed by atoms with Gasteiger partial charge < -0.3 is 10.5 Å². The molecule has 0 radical (unpaired) electrons. The van der Waals surface area contributed by atoms with Crippen LogP contribution in [0.1, 0.15) is 69.6 Å². The second kappa shape index (κ2) is 10.0.